The smallest absolute Gasteiger partial charge is 0.0485 e. The Balaban J connectivity index is 2.70. The van der Waals surface area contributed by atoms with E-state index in [4.69, 9.17) is 11.6 Å². The zero-order chi connectivity index (χ0) is 10.1. The Kier molecular flexibility index (Phi) is 2.42. The van der Waals surface area contributed by atoms with E-state index in [0.29, 0.717) is 5.92 Å². The largest absolute Gasteiger partial charge is 0.260 e. The molecule has 1 nitrogen and oxygen atoms in total. The van der Waals surface area contributed by atoms with E-state index in [0.717, 1.165) is 21.5 Å². The number of halogens is 1. The first-order chi connectivity index (χ1) is 6.68. The summed E-state index contributed by atoms with van der Waals surface area (Å²) in [6.07, 6.45) is 1.89. The van der Waals surface area contributed by atoms with Crippen LogP contribution < -0.4 is 0 Å². The SMILES string of the molecule is CC(C)c1cc2c(Cl)cccc2cn1. The van der Waals surface area contributed by atoms with E-state index in [9.17, 15) is 0 Å². The second kappa shape index (κ2) is 3.58. The molecule has 2 heteroatoms. The van der Waals surface area contributed by atoms with E-state index < -0.39 is 0 Å². The minimum absolute atomic E-state index is 0.440. The third-order valence-electron chi connectivity index (χ3n) is 2.32. The minimum atomic E-state index is 0.440. The summed E-state index contributed by atoms with van der Waals surface area (Å²) in [5.74, 6) is 0.440. The molecule has 1 aromatic heterocycles. The fourth-order valence-corrected chi connectivity index (χ4v) is 1.70. The summed E-state index contributed by atoms with van der Waals surface area (Å²) in [7, 11) is 0. The first-order valence-electron chi connectivity index (χ1n) is 4.72. The van der Waals surface area contributed by atoms with Crippen LogP contribution in [-0.2, 0) is 0 Å². The lowest BCUT2D eigenvalue weighted by atomic mass is 10.1. The van der Waals surface area contributed by atoms with Gasteiger partial charge in [0.1, 0.15) is 0 Å². The van der Waals surface area contributed by atoms with E-state index in [-0.39, 0.29) is 0 Å². The van der Waals surface area contributed by atoms with Gasteiger partial charge in [-0.05, 0) is 18.1 Å². The van der Waals surface area contributed by atoms with Crippen molar-refractivity contribution in [3.05, 3.63) is 41.2 Å². The van der Waals surface area contributed by atoms with E-state index in [1.54, 1.807) is 0 Å². The fourth-order valence-electron chi connectivity index (χ4n) is 1.46. The molecule has 0 unspecified atom stereocenters. The molecule has 0 spiro atoms. The van der Waals surface area contributed by atoms with Gasteiger partial charge < -0.3 is 0 Å². The number of fused-ring (bicyclic) bond motifs is 1. The second-order valence-electron chi connectivity index (χ2n) is 3.72. The Morgan fingerprint density at radius 2 is 2.07 bits per heavy atom. The molecule has 0 N–H and O–H groups in total. The van der Waals surface area contributed by atoms with Crippen molar-refractivity contribution in [2.45, 2.75) is 19.8 Å². The summed E-state index contributed by atoms with van der Waals surface area (Å²) in [6, 6.07) is 7.95. The van der Waals surface area contributed by atoms with Crippen LogP contribution in [-0.4, -0.2) is 4.98 Å². The minimum Gasteiger partial charge on any atom is -0.260 e. The molecular formula is C12H12ClN. The molecule has 0 saturated carbocycles. The van der Waals surface area contributed by atoms with Crippen molar-refractivity contribution in [2.75, 3.05) is 0 Å². The Morgan fingerprint density at radius 1 is 1.29 bits per heavy atom. The second-order valence-corrected chi connectivity index (χ2v) is 4.13. The topological polar surface area (TPSA) is 12.9 Å². The quantitative estimate of drug-likeness (QED) is 0.686. The highest BCUT2D eigenvalue weighted by Crippen LogP contribution is 2.25. The zero-order valence-corrected chi connectivity index (χ0v) is 9.05. The molecule has 14 heavy (non-hydrogen) atoms. The van der Waals surface area contributed by atoms with Crippen LogP contribution in [0, 0.1) is 0 Å². The predicted octanol–water partition coefficient (Wildman–Crippen LogP) is 4.01. The molecule has 0 saturated heterocycles. The van der Waals surface area contributed by atoms with Gasteiger partial charge in [-0.25, -0.2) is 0 Å². The van der Waals surface area contributed by atoms with E-state index in [1.165, 1.54) is 0 Å². The van der Waals surface area contributed by atoms with Crippen LogP contribution in [0.25, 0.3) is 10.8 Å². The van der Waals surface area contributed by atoms with Gasteiger partial charge in [0.15, 0.2) is 0 Å². The molecule has 1 heterocycles. The van der Waals surface area contributed by atoms with Crippen LogP contribution in [0.5, 0.6) is 0 Å². The third kappa shape index (κ3) is 1.60. The van der Waals surface area contributed by atoms with Crippen molar-refractivity contribution in [2.24, 2.45) is 0 Å². The molecular weight excluding hydrogens is 194 g/mol. The first-order valence-corrected chi connectivity index (χ1v) is 5.10. The number of hydrogen-bond acceptors (Lipinski definition) is 1. The number of hydrogen-bond donors (Lipinski definition) is 0. The Morgan fingerprint density at radius 3 is 2.79 bits per heavy atom. The molecule has 2 rings (SSSR count). The van der Waals surface area contributed by atoms with E-state index in [1.807, 2.05) is 24.4 Å². The summed E-state index contributed by atoms with van der Waals surface area (Å²) in [4.78, 5) is 4.39. The summed E-state index contributed by atoms with van der Waals surface area (Å²) in [5, 5.41) is 2.99. The average Bonchev–Trinajstić information content (AvgIpc) is 2.18. The normalized spacial score (nSPS) is 11.1. The lowest BCUT2D eigenvalue weighted by molar-refractivity contribution is 0.826. The lowest BCUT2D eigenvalue weighted by Crippen LogP contribution is -1.91. The standard InChI is InChI=1S/C12H12ClN/c1-8(2)12-6-10-9(7-14-12)4-3-5-11(10)13/h3-8H,1-2H3. The van der Waals surface area contributed by atoms with Crippen LogP contribution in [0.4, 0.5) is 0 Å². The monoisotopic (exact) mass is 205 g/mol. The van der Waals surface area contributed by atoms with Gasteiger partial charge >= 0.3 is 0 Å². The molecule has 0 atom stereocenters. The Hall–Kier alpha value is -1.08. The van der Waals surface area contributed by atoms with Crippen LogP contribution in [0.1, 0.15) is 25.5 Å². The number of pyridine rings is 1. The Labute approximate surface area is 88.7 Å². The molecule has 0 radical (unpaired) electrons. The van der Waals surface area contributed by atoms with Crippen molar-refractivity contribution in [3.8, 4) is 0 Å². The van der Waals surface area contributed by atoms with Gasteiger partial charge in [-0.15, -0.1) is 0 Å². The van der Waals surface area contributed by atoms with E-state index >= 15 is 0 Å². The Bertz CT molecular complexity index is 463. The van der Waals surface area contributed by atoms with Gasteiger partial charge in [-0.2, -0.15) is 0 Å². The molecule has 72 valence electrons. The van der Waals surface area contributed by atoms with Gasteiger partial charge in [-0.1, -0.05) is 37.6 Å². The van der Waals surface area contributed by atoms with Crippen molar-refractivity contribution < 1.29 is 0 Å². The highest BCUT2D eigenvalue weighted by atomic mass is 35.5. The van der Waals surface area contributed by atoms with Crippen LogP contribution in [0.15, 0.2) is 30.5 Å². The number of rotatable bonds is 1. The van der Waals surface area contributed by atoms with Gasteiger partial charge in [0.05, 0.1) is 0 Å². The van der Waals surface area contributed by atoms with Gasteiger partial charge in [0.2, 0.25) is 0 Å². The van der Waals surface area contributed by atoms with Gasteiger partial charge in [-0.3, -0.25) is 4.98 Å². The molecule has 0 amide bonds. The maximum absolute atomic E-state index is 6.11. The highest BCUT2D eigenvalue weighted by molar-refractivity contribution is 6.35. The van der Waals surface area contributed by atoms with Crippen LogP contribution >= 0.6 is 11.6 Å². The van der Waals surface area contributed by atoms with E-state index in [2.05, 4.69) is 24.9 Å². The van der Waals surface area contributed by atoms with Crippen LogP contribution in [0.2, 0.25) is 5.02 Å². The van der Waals surface area contributed by atoms with Gasteiger partial charge in [0, 0.05) is 27.7 Å². The van der Waals surface area contributed by atoms with Crippen LogP contribution in [0.3, 0.4) is 0 Å². The molecule has 0 bridgehead atoms. The molecule has 0 fully saturated rings. The molecule has 0 aliphatic carbocycles. The fraction of sp³-hybridized carbons (Fsp3) is 0.250. The first kappa shape index (κ1) is 9.47. The summed E-state index contributed by atoms with van der Waals surface area (Å²) in [5.41, 5.74) is 1.09. The molecule has 0 aliphatic heterocycles. The zero-order valence-electron chi connectivity index (χ0n) is 8.29. The molecule has 2 aromatic rings. The summed E-state index contributed by atoms with van der Waals surface area (Å²) >= 11 is 6.11. The number of benzene rings is 1. The van der Waals surface area contributed by atoms with Crippen molar-refractivity contribution >= 4 is 22.4 Å². The van der Waals surface area contributed by atoms with Gasteiger partial charge in [0.25, 0.3) is 0 Å². The number of nitrogens with zero attached hydrogens (tertiary/aromatic N) is 1. The summed E-state index contributed by atoms with van der Waals surface area (Å²) in [6.45, 7) is 4.26. The maximum Gasteiger partial charge on any atom is 0.0485 e. The van der Waals surface area contributed by atoms with Crippen molar-refractivity contribution in [3.63, 3.8) is 0 Å². The maximum atomic E-state index is 6.11. The van der Waals surface area contributed by atoms with Crippen molar-refractivity contribution in [1.29, 1.82) is 0 Å². The third-order valence-corrected chi connectivity index (χ3v) is 2.65. The summed E-state index contributed by atoms with van der Waals surface area (Å²) < 4.78 is 0. The molecule has 0 aliphatic rings. The highest BCUT2D eigenvalue weighted by Gasteiger charge is 2.04. The number of aromatic nitrogens is 1. The predicted molar refractivity (Wildman–Crippen MR) is 60.8 cm³/mol. The van der Waals surface area contributed by atoms with Crippen molar-refractivity contribution in [1.82, 2.24) is 4.98 Å². The average molecular weight is 206 g/mol. The lowest BCUT2D eigenvalue weighted by Gasteiger charge is -2.06. The molecule has 1 aromatic carbocycles.